The summed E-state index contributed by atoms with van der Waals surface area (Å²) in [7, 11) is 1.45. The van der Waals surface area contributed by atoms with E-state index in [0.29, 0.717) is 18.8 Å². The molecule has 0 amide bonds. The highest BCUT2D eigenvalue weighted by atomic mass is 19.1. The third-order valence-electron chi connectivity index (χ3n) is 2.79. The maximum atomic E-state index is 13.2. The molecular weight excluding hydrogens is 249 g/mol. The van der Waals surface area contributed by atoms with Gasteiger partial charge in [-0.15, -0.1) is 0 Å². The van der Waals surface area contributed by atoms with Crippen LogP contribution >= 0.6 is 0 Å². The van der Waals surface area contributed by atoms with Gasteiger partial charge in [-0.05, 0) is 31.2 Å². The lowest BCUT2D eigenvalue weighted by Gasteiger charge is -2.20. The predicted octanol–water partition coefficient (Wildman–Crippen LogP) is 1.72. The number of hydrogen-bond donors (Lipinski definition) is 1. The summed E-state index contributed by atoms with van der Waals surface area (Å²) in [4.78, 5) is 14.0. The molecule has 0 fully saturated rings. The van der Waals surface area contributed by atoms with Crippen LogP contribution in [0.2, 0.25) is 0 Å². The molecule has 0 heterocycles. The molecule has 0 aliphatic rings. The van der Waals surface area contributed by atoms with Gasteiger partial charge in [0.15, 0.2) is 5.78 Å². The second-order valence-electron chi connectivity index (χ2n) is 4.27. The van der Waals surface area contributed by atoms with Crippen LogP contribution in [0.25, 0.3) is 0 Å². The van der Waals surface area contributed by atoms with Gasteiger partial charge in [0.2, 0.25) is 0 Å². The average molecular weight is 269 g/mol. The normalized spacial score (nSPS) is 10.8. The molecule has 5 heteroatoms. The molecule has 0 saturated carbocycles. The van der Waals surface area contributed by atoms with E-state index in [9.17, 15) is 9.18 Å². The third-order valence-corrected chi connectivity index (χ3v) is 2.79. The summed E-state index contributed by atoms with van der Waals surface area (Å²) in [6.07, 6.45) is 0.883. The summed E-state index contributed by atoms with van der Waals surface area (Å²) >= 11 is 0. The Labute approximate surface area is 112 Å². The highest BCUT2D eigenvalue weighted by molar-refractivity contribution is 6.00. The van der Waals surface area contributed by atoms with Gasteiger partial charge in [-0.25, -0.2) is 4.39 Å². The first kappa shape index (κ1) is 15.6. The van der Waals surface area contributed by atoms with Crippen molar-refractivity contribution in [1.82, 2.24) is 4.90 Å². The number of ketones is 1. The number of benzene rings is 1. The number of aliphatic hydroxyl groups is 1. The number of hydrogen-bond acceptors (Lipinski definition) is 4. The maximum absolute atomic E-state index is 13.2. The Morgan fingerprint density at radius 3 is 2.74 bits per heavy atom. The van der Waals surface area contributed by atoms with Crippen LogP contribution in [0.1, 0.15) is 23.7 Å². The minimum Gasteiger partial charge on any atom is -0.496 e. The zero-order valence-electron chi connectivity index (χ0n) is 11.4. The van der Waals surface area contributed by atoms with Gasteiger partial charge < -0.3 is 9.84 Å². The summed E-state index contributed by atoms with van der Waals surface area (Å²) in [5.74, 6) is -0.307. The second kappa shape index (κ2) is 7.86. The van der Waals surface area contributed by atoms with Crippen LogP contribution in [0.15, 0.2) is 18.2 Å². The second-order valence-corrected chi connectivity index (χ2v) is 4.27. The van der Waals surface area contributed by atoms with Crippen molar-refractivity contribution in [3.63, 3.8) is 0 Å². The van der Waals surface area contributed by atoms with Gasteiger partial charge >= 0.3 is 0 Å². The Kier molecular flexibility index (Phi) is 6.45. The lowest BCUT2D eigenvalue weighted by Crippen LogP contribution is -2.33. The Hall–Kier alpha value is -1.46. The number of methoxy groups -OCH3 is 1. The maximum Gasteiger partial charge on any atom is 0.180 e. The van der Waals surface area contributed by atoms with E-state index in [1.54, 1.807) is 0 Å². The minimum atomic E-state index is -0.464. The zero-order valence-corrected chi connectivity index (χ0v) is 11.4. The molecular formula is C14H20FNO3. The van der Waals surface area contributed by atoms with Gasteiger partial charge in [0.1, 0.15) is 11.6 Å². The van der Waals surface area contributed by atoms with Crippen LogP contribution in [0, 0.1) is 5.82 Å². The topological polar surface area (TPSA) is 49.8 Å². The fourth-order valence-corrected chi connectivity index (χ4v) is 1.91. The first-order chi connectivity index (χ1) is 9.12. The summed E-state index contributed by atoms with van der Waals surface area (Å²) < 4.78 is 18.3. The highest BCUT2D eigenvalue weighted by Crippen LogP contribution is 2.20. The molecule has 0 atom stereocenters. The van der Waals surface area contributed by atoms with E-state index in [1.165, 1.54) is 25.3 Å². The lowest BCUT2D eigenvalue weighted by molar-refractivity contribution is 0.0911. The molecule has 0 unspecified atom stereocenters. The Morgan fingerprint density at radius 1 is 1.42 bits per heavy atom. The van der Waals surface area contributed by atoms with Crippen molar-refractivity contribution in [2.24, 2.45) is 0 Å². The van der Waals surface area contributed by atoms with Crippen molar-refractivity contribution in [2.75, 3.05) is 33.4 Å². The molecule has 106 valence electrons. The quantitative estimate of drug-likeness (QED) is 0.730. The van der Waals surface area contributed by atoms with E-state index < -0.39 is 5.82 Å². The number of rotatable bonds is 8. The van der Waals surface area contributed by atoms with Crippen LogP contribution in [0.5, 0.6) is 5.75 Å². The number of aliphatic hydroxyl groups excluding tert-OH is 1. The number of Topliss-reactive ketones (excluding diaryl/α,β-unsaturated/α-hetero) is 1. The molecule has 1 N–H and O–H groups in total. The average Bonchev–Trinajstić information content (AvgIpc) is 2.39. The van der Waals surface area contributed by atoms with Gasteiger partial charge in [0.25, 0.3) is 0 Å². The van der Waals surface area contributed by atoms with Crippen LogP contribution in [0.4, 0.5) is 4.39 Å². The monoisotopic (exact) mass is 269 g/mol. The molecule has 0 saturated heterocycles. The number of ether oxygens (including phenoxy) is 1. The van der Waals surface area contributed by atoms with Crippen LogP contribution in [-0.4, -0.2) is 49.1 Å². The number of carbonyl (C=O) groups excluding carboxylic acids is 1. The molecule has 1 aromatic carbocycles. The number of carbonyl (C=O) groups is 1. The molecule has 1 aromatic rings. The van der Waals surface area contributed by atoms with Crippen molar-refractivity contribution in [1.29, 1.82) is 0 Å². The van der Waals surface area contributed by atoms with E-state index in [1.807, 2.05) is 11.8 Å². The molecule has 1 rings (SSSR count). The third kappa shape index (κ3) is 4.61. The highest BCUT2D eigenvalue weighted by Gasteiger charge is 2.16. The molecule has 19 heavy (non-hydrogen) atoms. The largest absolute Gasteiger partial charge is 0.496 e. The van der Waals surface area contributed by atoms with E-state index >= 15 is 0 Å². The molecule has 0 radical (unpaired) electrons. The van der Waals surface area contributed by atoms with E-state index in [4.69, 9.17) is 9.84 Å². The number of halogens is 1. The summed E-state index contributed by atoms with van der Waals surface area (Å²) in [5, 5.41) is 8.95. The van der Waals surface area contributed by atoms with Gasteiger partial charge in [0.05, 0.1) is 25.8 Å². The molecule has 0 aromatic heterocycles. The predicted molar refractivity (Wildman–Crippen MR) is 71.1 cm³/mol. The van der Waals surface area contributed by atoms with Gasteiger partial charge in [-0.3, -0.25) is 9.69 Å². The summed E-state index contributed by atoms with van der Waals surface area (Å²) in [5.41, 5.74) is 0.238. The van der Waals surface area contributed by atoms with Gasteiger partial charge in [0, 0.05) is 6.54 Å². The first-order valence-electron chi connectivity index (χ1n) is 6.32. The number of nitrogens with zero attached hydrogens (tertiary/aromatic N) is 1. The summed E-state index contributed by atoms with van der Waals surface area (Å²) in [6.45, 7) is 3.28. The fraction of sp³-hybridized carbons (Fsp3) is 0.500. The van der Waals surface area contributed by atoms with Gasteiger partial charge in [-0.2, -0.15) is 0 Å². The molecule has 0 aliphatic heterocycles. The standard InChI is InChI=1S/C14H20FNO3/c1-3-6-16(7-8-17)10-13(18)12-9-11(15)4-5-14(12)19-2/h4-5,9,17H,3,6-8,10H2,1-2H3. The van der Waals surface area contributed by atoms with E-state index in [2.05, 4.69) is 0 Å². The zero-order chi connectivity index (χ0) is 14.3. The van der Waals surface area contributed by atoms with Crippen LogP contribution in [-0.2, 0) is 0 Å². The van der Waals surface area contributed by atoms with Crippen molar-refractivity contribution < 1.29 is 19.0 Å². The Morgan fingerprint density at radius 2 is 2.16 bits per heavy atom. The first-order valence-corrected chi connectivity index (χ1v) is 6.32. The Balaban J connectivity index is 2.83. The fourth-order valence-electron chi connectivity index (χ4n) is 1.91. The van der Waals surface area contributed by atoms with Gasteiger partial charge in [-0.1, -0.05) is 6.92 Å². The Bertz CT molecular complexity index is 417. The van der Waals surface area contributed by atoms with Crippen LogP contribution in [0.3, 0.4) is 0 Å². The molecule has 0 bridgehead atoms. The minimum absolute atomic E-state index is 0.00638. The van der Waals surface area contributed by atoms with Crippen molar-refractivity contribution in [2.45, 2.75) is 13.3 Å². The molecule has 4 nitrogen and oxygen atoms in total. The molecule has 0 spiro atoms. The SMILES string of the molecule is CCCN(CCO)CC(=O)c1cc(F)ccc1OC. The lowest BCUT2D eigenvalue weighted by atomic mass is 10.1. The van der Waals surface area contributed by atoms with E-state index in [-0.39, 0.29) is 24.5 Å². The van der Waals surface area contributed by atoms with Crippen molar-refractivity contribution in [3.05, 3.63) is 29.6 Å². The smallest absolute Gasteiger partial charge is 0.180 e. The van der Waals surface area contributed by atoms with Crippen LogP contribution < -0.4 is 4.74 Å². The van der Waals surface area contributed by atoms with Crippen molar-refractivity contribution >= 4 is 5.78 Å². The summed E-state index contributed by atoms with van der Waals surface area (Å²) in [6, 6.07) is 3.89. The van der Waals surface area contributed by atoms with E-state index in [0.717, 1.165) is 6.42 Å². The molecule has 0 aliphatic carbocycles. The van der Waals surface area contributed by atoms with Crippen molar-refractivity contribution in [3.8, 4) is 5.75 Å².